The number of para-hydroxylation sites is 1. The molecule has 2 aliphatic rings. The Morgan fingerprint density at radius 1 is 1.23 bits per heavy atom. The molecule has 1 aromatic carbocycles. The van der Waals surface area contributed by atoms with Gasteiger partial charge in [-0.05, 0) is 63.4 Å². The maximum Gasteiger partial charge on any atom is 0.240 e. The number of rotatable bonds is 4. The maximum atomic E-state index is 12.4. The number of benzene rings is 1. The van der Waals surface area contributed by atoms with Gasteiger partial charge in [0.1, 0.15) is 0 Å². The molecule has 1 unspecified atom stereocenters. The van der Waals surface area contributed by atoms with Crippen molar-refractivity contribution < 1.29 is 4.79 Å². The quantitative estimate of drug-likeness (QED) is 0.925. The molecule has 2 saturated heterocycles. The van der Waals surface area contributed by atoms with Crippen LogP contribution in [0, 0.1) is 5.92 Å². The fourth-order valence-corrected chi connectivity index (χ4v) is 3.72. The van der Waals surface area contributed by atoms with E-state index in [0.29, 0.717) is 6.54 Å². The molecule has 120 valence electrons. The van der Waals surface area contributed by atoms with Crippen molar-refractivity contribution in [2.75, 3.05) is 38.1 Å². The lowest BCUT2D eigenvalue weighted by atomic mass is 9.88. The third-order valence-corrected chi connectivity index (χ3v) is 5.18. The Bertz CT molecular complexity index is 476. The molecule has 4 nitrogen and oxygen atoms in total. The number of amides is 1. The van der Waals surface area contributed by atoms with E-state index < -0.39 is 0 Å². The molecule has 1 N–H and O–H groups in total. The van der Waals surface area contributed by atoms with Crippen LogP contribution in [0.25, 0.3) is 0 Å². The van der Waals surface area contributed by atoms with Crippen molar-refractivity contribution in [1.82, 2.24) is 10.2 Å². The minimum Gasteiger partial charge on any atom is -0.314 e. The van der Waals surface area contributed by atoms with Gasteiger partial charge in [-0.2, -0.15) is 0 Å². The number of hydrogen-bond acceptors (Lipinski definition) is 3. The fourth-order valence-electron chi connectivity index (χ4n) is 3.72. The molecule has 0 saturated carbocycles. The van der Waals surface area contributed by atoms with Gasteiger partial charge in [0, 0.05) is 18.8 Å². The first-order valence-electron chi connectivity index (χ1n) is 8.51. The highest BCUT2D eigenvalue weighted by atomic mass is 16.2. The summed E-state index contributed by atoms with van der Waals surface area (Å²) in [5.74, 6) is 0.990. The molecule has 0 radical (unpaired) electrons. The molecule has 1 atom stereocenters. The monoisotopic (exact) mass is 301 g/mol. The standard InChI is InChI=1S/C18H27N3O/c1-20(16-6-3-2-4-7-16)18(22)14-21-12-9-15(10-13-21)17-8-5-11-19-17/h2-4,6-7,15,17,19H,5,8-14H2,1H3. The summed E-state index contributed by atoms with van der Waals surface area (Å²) in [5.41, 5.74) is 0.970. The van der Waals surface area contributed by atoms with E-state index in [4.69, 9.17) is 0 Å². The minimum atomic E-state index is 0.184. The number of likely N-dealkylation sites (N-methyl/N-ethyl adjacent to an activating group) is 1. The van der Waals surface area contributed by atoms with Crippen molar-refractivity contribution in [2.24, 2.45) is 5.92 Å². The molecule has 0 aromatic heterocycles. The first-order chi connectivity index (χ1) is 10.7. The molecule has 2 heterocycles. The summed E-state index contributed by atoms with van der Waals surface area (Å²) >= 11 is 0. The van der Waals surface area contributed by atoms with Crippen molar-refractivity contribution in [3.63, 3.8) is 0 Å². The lowest BCUT2D eigenvalue weighted by Crippen LogP contribution is -2.45. The predicted octanol–water partition coefficient (Wildman–Crippen LogP) is 2.11. The fraction of sp³-hybridized carbons (Fsp3) is 0.611. The molecule has 22 heavy (non-hydrogen) atoms. The average Bonchev–Trinajstić information content (AvgIpc) is 3.10. The largest absolute Gasteiger partial charge is 0.314 e. The number of nitrogens with one attached hydrogen (secondary N) is 1. The van der Waals surface area contributed by atoms with Crippen LogP contribution in [0.3, 0.4) is 0 Å². The SMILES string of the molecule is CN(C(=O)CN1CCC(C2CCCN2)CC1)c1ccccc1. The predicted molar refractivity (Wildman–Crippen MR) is 90.0 cm³/mol. The van der Waals surface area contributed by atoms with E-state index >= 15 is 0 Å². The molecule has 2 fully saturated rings. The summed E-state index contributed by atoms with van der Waals surface area (Å²) in [6.45, 7) is 3.83. The van der Waals surface area contributed by atoms with Crippen LogP contribution < -0.4 is 10.2 Å². The molecular formula is C18H27N3O. The molecule has 0 spiro atoms. The van der Waals surface area contributed by atoms with Crippen LogP contribution in [-0.2, 0) is 4.79 Å². The van der Waals surface area contributed by atoms with Gasteiger partial charge in [0.2, 0.25) is 5.91 Å². The Hall–Kier alpha value is -1.39. The second kappa shape index (κ2) is 7.25. The number of nitrogens with zero attached hydrogens (tertiary/aromatic N) is 2. The normalized spacial score (nSPS) is 23.6. The number of piperidine rings is 1. The summed E-state index contributed by atoms with van der Waals surface area (Å²) in [6.07, 6.45) is 5.10. The van der Waals surface area contributed by atoms with Gasteiger partial charge in [-0.15, -0.1) is 0 Å². The van der Waals surface area contributed by atoms with Crippen LogP contribution in [0.2, 0.25) is 0 Å². The van der Waals surface area contributed by atoms with E-state index in [-0.39, 0.29) is 5.91 Å². The van der Waals surface area contributed by atoms with Crippen molar-refractivity contribution >= 4 is 11.6 Å². The molecule has 0 aliphatic carbocycles. The molecule has 0 bridgehead atoms. The summed E-state index contributed by atoms with van der Waals surface area (Å²) < 4.78 is 0. The van der Waals surface area contributed by atoms with Gasteiger partial charge in [0.25, 0.3) is 0 Å². The number of likely N-dealkylation sites (tertiary alicyclic amines) is 1. The lowest BCUT2D eigenvalue weighted by molar-refractivity contribution is -0.119. The van der Waals surface area contributed by atoms with Crippen molar-refractivity contribution in [1.29, 1.82) is 0 Å². The minimum absolute atomic E-state index is 0.184. The maximum absolute atomic E-state index is 12.4. The molecule has 3 rings (SSSR count). The average molecular weight is 301 g/mol. The van der Waals surface area contributed by atoms with Crippen LogP contribution in [0.15, 0.2) is 30.3 Å². The Labute approximate surface area is 133 Å². The van der Waals surface area contributed by atoms with E-state index in [0.717, 1.165) is 30.7 Å². The van der Waals surface area contributed by atoms with Crippen molar-refractivity contribution in [2.45, 2.75) is 31.7 Å². The highest BCUT2D eigenvalue weighted by Gasteiger charge is 2.29. The second-order valence-corrected chi connectivity index (χ2v) is 6.60. The van der Waals surface area contributed by atoms with E-state index in [1.54, 1.807) is 4.90 Å². The summed E-state index contributed by atoms with van der Waals surface area (Å²) in [5, 5.41) is 3.63. The Kier molecular flexibility index (Phi) is 5.11. The summed E-state index contributed by atoms with van der Waals surface area (Å²) in [4.78, 5) is 16.5. The number of hydrogen-bond donors (Lipinski definition) is 1. The van der Waals surface area contributed by atoms with Crippen LogP contribution >= 0.6 is 0 Å². The van der Waals surface area contributed by atoms with E-state index in [1.807, 2.05) is 37.4 Å². The van der Waals surface area contributed by atoms with Crippen molar-refractivity contribution in [3.8, 4) is 0 Å². The number of carbonyl (C=O) groups is 1. The number of anilines is 1. The first-order valence-corrected chi connectivity index (χ1v) is 8.51. The van der Waals surface area contributed by atoms with E-state index in [9.17, 15) is 4.79 Å². The highest BCUT2D eigenvalue weighted by Crippen LogP contribution is 2.25. The van der Waals surface area contributed by atoms with Gasteiger partial charge < -0.3 is 10.2 Å². The molecular weight excluding hydrogens is 274 g/mol. The van der Waals surface area contributed by atoms with E-state index in [2.05, 4.69) is 10.2 Å². The van der Waals surface area contributed by atoms with Gasteiger partial charge >= 0.3 is 0 Å². The zero-order chi connectivity index (χ0) is 15.4. The number of carbonyl (C=O) groups excluding carboxylic acids is 1. The smallest absolute Gasteiger partial charge is 0.240 e. The summed E-state index contributed by atoms with van der Waals surface area (Å²) in [7, 11) is 1.87. The second-order valence-electron chi connectivity index (χ2n) is 6.60. The van der Waals surface area contributed by atoms with Crippen LogP contribution in [0.5, 0.6) is 0 Å². The van der Waals surface area contributed by atoms with E-state index in [1.165, 1.54) is 32.2 Å². The van der Waals surface area contributed by atoms with Gasteiger partial charge in [-0.25, -0.2) is 0 Å². The topological polar surface area (TPSA) is 35.6 Å². The third-order valence-electron chi connectivity index (χ3n) is 5.18. The van der Waals surface area contributed by atoms with Crippen LogP contribution in [0.1, 0.15) is 25.7 Å². The Balaban J connectivity index is 1.47. The third kappa shape index (κ3) is 3.68. The first kappa shape index (κ1) is 15.5. The molecule has 2 aliphatic heterocycles. The van der Waals surface area contributed by atoms with Gasteiger partial charge in [-0.3, -0.25) is 9.69 Å². The van der Waals surface area contributed by atoms with Gasteiger partial charge in [-0.1, -0.05) is 18.2 Å². The highest BCUT2D eigenvalue weighted by molar-refractivity contribution is 5.94. The lowest BCUT2D eigenvalue weighted by Gasteiger charge is -2.35. The molecule has 4 heteroatoms. The van der Waals surface area contributed by atoms with Gasteiger partial charge in [0.05, 0.1) is 6.54 Å². The zero-order valence-corrected chi connectivity index (χ0v) is 13.5. The van der Waals surface area contributed by atoms with Gasteiger partial charge in [0.15, 0.2) is 0 Å². The summed E-state index contributed by atoms with van der Waals surface area (Å²) in [6, 6.07) is 10.6. The Morgan fingerprint density at radius 3 is 2.59 bits per heavy atom. The van der Waals surface area contributed by atoms with Crippen molar-refractivity contribution in [3.05, 3.63) is 30.3 Å². The molecule has 1 aromatic rings. The zero-order valence-electron chi connectivity index (χ0n) is 13.5. The van der Waals surface area contributed by atoms with Crippen LogP contribution in [0.4, 0.5) is 5.69 Å². The van der Waals surface area contributed by atoms with Crippen LogP contribution in [-0.4, -0.2) is 50.1 Å². The Morgan fingerprint density at radius 2 is 1.95 bits per heavy atom. The molecule has 1 amide bonds.